The van der Waals surface area contributed by atoms with Crippen LogP contribution in [0.5, 0.6) is 11.5 Å². The summed E-state index contributed by atoms with van der Waals surface area (Å²) in [6.45, 7) is 4.31. The first-order valence-electron chi connectivity index (χ1n) is 6.36. The molecular weight excluding hydrogens is 256 g/mol. The number of carbonyl (C=O) groups excluding carboxylic acids is 1. The zero-order valence-corrected chi connectivity index (χ0v) is 11.8. The molecule has 20 heavy (non-hydrogen) atoms. The maximum absolute atomic E-state index is 11.8. The summed E-state index contributed by atoms with van der Waals surface area (Å²) in [5.41, 5.74) is 4.75. The molecule has 0 heterocycles. The standard InChI is InChI=1S/C15H20N2O3/c1-4-10-17-14(18)15(3,16)11-20-13-8-6-12(7-9-13)19-5-2/h1,6-9H,5,10-11,16H2,2-3H3,(H,17,18). The van der Waals surface area contributed by atoms with E-state index in [1.54, 1.807) is 31.2 Å². The predicted molar refractivity (Wildman–Crippen MR) is 77.5 cm³/mol. The highest BCUT2D eigenvalue weighted by Gasteiger charge is 2.28. The lowest BCUT2D eigenvalue weighted by Crippen LogP contribution is -2.55. The van der Waals surface area contributed by atoms with E-state index >= 15 is 0 Å². The highest BCUT2D eigenvalue weighted by atomic mass is 16.5. The van der Waals surface area contributed by atoms with Gasteiger partial charge < -0.3 is 20.5 Å². The topological polar surface area (TPSA) is 73.6 Å². The van der Waals surface area contributed by atoms with Crippen molar-refractivity contribution in [2.75, 3.05) is 19.8 Å². The molecule has 0 saturated carbocycles. The third-order valence-electron chi connectivity index (χ3n) is 2.54. The Hall–Kier alpha value is -2.19. The van der Waals surface area contributed by atoms with Crippen LogP contribution in [0.3, 0.4) is 0 Å². The number of nitrogens with one attached hydrogen (secondary N) is 1. The molecule has 0 saturated heterocycles. The Kier molecular flexibility index (Phi) is 5.88. The van der Waals surface area contributed by atoms with Crippen LogP contribution in [-0.2, 0) is 4.79 Å². The average molecular weight is 276 g/mol. The fourth-order valence-electron chi connectivity index (χ4n) is 1.43. The molecule has 108 valence electrons. The molecule has 3 N–H and O–H groups in total. The van der Waals surface area contributed by atoms with Gasteiger partial charge >= 0.3 is 0 Å². The first-order chi connectivity index (χ1) is 9.49. The molecule has 1 amide bonds. The quantitative estimate of drug-likeness (QED) is 0.727. The molecule has 1 aromatic rings. The molecule has 1 unspecified atom stereocenters. The Bertz CT molecular complexity index is 475. The van der Waals surface area contributed by atoms with Crippen molar-refractivity contribution in [3.8, 4) is 23.8 Å². The second-order valence-electron chi connectivity index (χ2n) is 4.50. The molecule has 0 bridgehead atoms. The molecule has 1 aromatic carbocycles. The van der Waals surface area contributed by atoms with Crippen LogP contribution < -0.4 is 20.5 Å². The first-order valence-corrected chi connectivity index (χ1v) is 6.36. The van der Waals surface area contributed by atoms with Gasteiger partial charge in [-0.1, -0.05) is 5.92 Å². The number of hydrogen-bond donors (Lipinski definition) is 2. The summed E-state index contributed by atoms with van der Waals surface area (Å²) in [6, 6.07) is 7.12. The van der Waals surface area contributed by atoms with Crippen LogP contribution in [0.15, 0.2) is 24.3 Å². The van der Waals surface area contributed by atoms with E-state index in [2.05, 4.69) is 11.2 Å². The number of ether oxygens (including phenoxy) is 2. The molecule has 1 rings (SSSR count). The van der Waals surface area contributed by atoms with Gasteiger partial charge in [-0.2, -0.15) is 0 Å². The zero-order chi connectivity index (χ0) is 15.0. The minimum absolute atomic E-state index is 0.0530. The van der Waals surface area contributed by atoms with Gasteiger partial charge in [0.15, 0.2) is 0 Å². The Balaban J connectivity index is 2.53. The van der Waals surface area contributed by atoms with Crippen molar-refractivity contribution >= 4 is 5.91 Å². The molecule has 0 aromatic heterocycles. The maximum Gasteiger partial charge on any atom is 0.244 e. The van der Waals surface area contributed by atoms with E-state index < -0.39 is 5.54 Å². The van der Waals surface area contributed by atoms with E-state index in [-0.39, 0.29) is 19.1 Å². The molecule has 0 fully saturated rings. The van der Waals surface area contributed by atoms with E-state index in [1.165, 1.54) is 0 Å². The van der Waals surface area contributed by atoms with E-state index in [0.717, 1.165) is 5.75 Å². The van der Waals surface area contributed by atoms with Gasteiger partial charge in [-0.25, -0.2) is 0 Å². The Labute approximate surface area is 119 Å². The van der Waals surface area contributed by atoms with Crippen LogP contribution in [0, 0.1) is 12.3 Å². The second kappa shape index (κ2) is 7.41. The summed E-state index contributed by atoms with van der Waals surface area (Å²) in [5.74, 6) is 3.36. The van der Waals surface area contributed by atoms with Gasteiger partial charge in [-0.15, -0.1) is 6.42 Å². The number of rotatable bonds is 7. The number of nitrogens with two attached hydrogens (primary N) is 1. The van der Waals surface area contributed by atoms with Crippen molar-refractivity contribution in [3.63, 3.8) is 0 Å². The summed E-state index contributed by atoms with van der Waals surface area (Å²) < 4.78 is 10.8. The van der Waals surface area contributed by atoms with E-state index in [0.29, 0.717) is 12.4 Å². The van der Waals surface area contributed by atoms with E-state index in [4.69, 9.17) is 21.6 Å². The van der Waals surface area contributed by atoms with Gasteiger partial charge in [0.05, 0.1) is 13.2 Å². The third kappa shape index (κ3) is 4.82. The average Bonchev–Trinajstić information content (AvgIpc) is 2.44. The molecule has 0 aliphatic rings. The van der Waals surface area contributed by atoms with Crippen LogP contribution in [0.1, 0.15) is 13.8 Å². The summed E-state index contributed by atoms with van der Waals surface area (Å²) >= 11 is 0. The number of amides is 1. The smallest absolute Gasteiger partial charge is 0.244 e. The normalized spacial score (nSPS) is 12.9. The minimum atomic E-state index is -1.14. The molecule has 0 aliphatic carbocycles. The Morgan fingerprint density at radius 2 is 1.90 bits per heavy atom. The number of hydrogen-bond acceptors (Lipinski definition) is 4. The van der Waals surface area contributed by atoms with Crippen molar-refractivity contribution in [1.82, 2.24) is 5.32 Å². The Morgan fingerprint density at radius 1 is 1.35 bits per heavy atom. The highest BCUT2D eigenvalue weighted by molar-refractivity contribution is 5.86. The fourth-order valence-corrected chi connectivity index (χ4v) is 1.43. The van der Waals surface area contributed by atoms with Gasteiger partial charge in [0.2, 0.25) is 5.91 Å². The third-order valence-corrected chi connectivity index (χ3v) is 2.54. The van der Waals surface area contributed by atoms with Crippen molar-refractivity contribution in [1.29, 1.82) is 0 Å². The van der Waals surface area contributed by atoms with Gasteiger partial charge in [-0.05, 0) is 38.1 Å². The molecule has 0 spiro atoms. The van der Waals surface area contributed by atoms with Gasteiger partial charge in [-0.3, -0.25) is 4.79 Å². The lowest BCUT2D eigenvalue weighted by atomic mass is 10.0. The van der Waals surface area contributed by atoms with Crippen molar-refractivity contribution in [2.24, 2.45) is 5.73 Å². The van der Waals surface area contributed by atoms with Gasteiger partial charge in [0.25, 0.3) is 0 Å². The predicted octanol–water partition coefficient (Wildman–Crippen LogP) is 0.931. The van der Waals surface area contributed by atoms with Crippen LogP contribution in [-0.4, -0.2) is 31.2 Å². The van der Waals surface area contributed by atoms with Crippen LogP contribution in [0.4, 0.5) is 0 Å². The largest absolute Gasteiger partial charge is 0.494 e. The fraction of sp³-hybridized carbons (Fsp3) is 0.400. The molecule has 1 atom stereocenters. The van der Waals surface area contributed by atoms with Crippen LogP contribution in [0.25, 0.3) is 0 Å². The van der Waals surface area contributed by atoms with Crippen LogP contribution in [0.2, 0.25) is 0 Å². The number of benzene rings is 1. The molecule has 5 heteroatoms. The minimum Gasteiger partial charge on any atom is -0.494 e. The molecule has 0 aliphatic heterocycles. The molecule has 0 radical (unpaired) electrons. The van der Waals surface area contributed by atoms with Crippen molar-refractivity contribution < 1.29 is 14.3 Å². The van der Waals surface area contributed by atoms with Crippen molar-refractivity contribution in [2.45, 2.75) is 19.4 Å². The first kappa shape index (κ1) is 15.9. The van der Waals surface area contributed by atoms with Crippen molar-refractivity contribution in [3.05, 3.63) is 24.3 Å². The Morgan fingerprint density at radius 3 is 2.40 bits per heavy atom. The second-order valence-corrected chi connectivity index (χ2v) is 4.50. The lowest BCUT2D eigenvalue weighted by molar-refractivity contribution is -0.126. The highest BCUT2D eigenvalue weighted by Crippen LogP contribution is 2.18. The molecule has 5 nitrogen and oxygen atoms in total. The van der Waals surface area contributed by atoms with E-state index in [9.17, 15) is 4.79 Å². The summed E-state index contributed by atoms with van der Waals surface area (Å²) in [6.07, 6.45) is 5.08. The summed E-state index contributed by atoms with van der Waals surface area (Å²) in [7, 11) is 0. The molecular formula is C15H20N2O3. The summed E-state index contributed by atoms with van der Waals surface area (Å²) in [5, 5.41) is 2.53. The van der Waals surface area contributed by atoms with E-state index in [1.807, 2.05) is 6.92 Å². The lowest BCUT2D eigenvalue weighted by Gasteiger charge is -2.23. The van der Waals surface area contributed by atoms with Crippen LogP contribution >= 0.6 is 0 Å². The van der Waals surface area contributed by atoms with Gasteiger partial charge in [0, 0.05) is 0 Å². The monoisotopic (exact) mass is 276 g/mol. The van der Waals surface area contributed by atoms with Gasteiger partial charge in [0.1, 0.15) is 23.6 Å². The SMILES string of the molecule is C#CCNC(=O)C(C)(N)COc1ccc(OCC)cc1. The maximum atomic E-state index is 11.8. The summed E-state index contributed by atoms with van der Waals surface area (Å²) in [4.78, 5) is 11.8. The zero-order valence-electron chi connectivity index (χ0n) is 11.8. The number of carbonyl (C=O) groups is 1. The number of terminal acetylenes is 1.